The number of halogens is 1. The molecule has 0 unspecified atom stereocenters. The summed E-state index contributed by atoms with van der Waals surface area (Å²) < 4.78 is 11.6. The Hall–Kier alpha value is -0.780. The average molecular weight is 360 g/mol. The molecule has 4 nitrogen and oxygen atoms in total. The zero-order chi connectivity index (χ0) is 15.9. The van der Waals surface area contributed by atoms with Crippen LogP contribution in [-0.2, 0) is 6.54 Å². The fourth-order valence-electron chi connectivity index (χ4n) is 2.21. The molecule has 1 aromatic carbocycles. The molecule has 0 aliphatic carbocycles. The smallest absolute Gasteiger partial charge is 0.161 e. The molecule has 0 amide bonds. The quantitative estimate of drug-likeness (QED) is 0.709. The normalized spacial score (nSPS) is 11.5. The van der Waals surface area contributed by atoms with E-state index in [2.05, 4.69) is 35.1 Å². The van der Waals surface area contributed by atoms with Crippen molar-refractivity contribution in [1.29, 1.82) is 0 Å². The summed E-state index contributed by atoms with van der Waals surface area (Å²) in [6.45, 7) is 6.32. The summed E-state index contributed by atoms with van der Waals surface area (Å²) in [5.74, 6) is 1.45. The first-order valence-electron chi connectivity index (χ1n) is 7.15. The molecule has 2 N–H and O–H groups in total. The highest BCUT2D eigenvalue weighted by Gasteiger charge is 2.17. The number of benzene rings is 1. The van der Waals surface area contributed by atoms with Crippen molar-refractivity contribution in [3.63, 3.8) is 0 Å². The lowest BCUT2D eigenvalue weighted by Crippen LogP contribution is -2.29. The van der Waals surface area contributed by atoms with Crippen molar-refractivity contribution in [2.75, 3.05) is 27.4 Å². The van der Waals surface area contributed by atoms with Gasteiger partial charge in [0, 0.05) is 24.2 Å². The molecule has 21 heavy (non-hydrogen) atoms. The number of aliphatic hydroxyl groups is 1. The molecule has 0 bridgehead atoms. The Morgan fingerprint density at radius 1 is 1.19 bits per heavy atom. The predicted octanol–water partition coefficient (Wildman–Crippen LogP) is 3.35. The Labute approximate surface area is 136 Å². The van der Waals surface area contributed by atoms with Crippen molar-refractivity contribution in [3.8, 4) is 11.5 Å². The lowest BCUT2D eigenvalue weighted by Gasteiger charge is -2.25. The summed E-state index contributed by atoms with van der Waals surface area (Å²) >= 11 is 3.57. The minimum atomic E-state index is 0.172. The Morgan fingerprint density at radius 3 is 2.38 bits per heavy atom. The van der Waals surface area contributed by atoms with Crippen LogP contribution in [0.4, 0.5) is 0 Å². The van der Waals surface area contributed by atoms with Crippen molar-refractivity contribution in [2.45, 2.75) is 33.2 Å². The topological polar surface area (TPSA) is 50.7 Å². The third-order valence-electron chi connectivity index (χ3n) is 3.48. The molecule has 0 fully saturated rings. The Morgan fingerprint density at radius 2 is 1.81 bits per heavy atom. The van der Waals surface area contributed by atoms with Crippen molar-refractivity contribution >= 4 is 15.9 Å². The Kier molecular flexibility index (Phi) is 7.49. The highest BCUT2D eigenvalue weighted by atomic mass is 79.9. The zero-order valence-corrected chi connectivity index (χ0v) is 14.9. The minimum absolute atomic E-state index is 0.172. The van der Waals surface area contributed by atoms with E-state index in [4.69, 9.17) is 14.6 Å². The third-order valence-corrected chi connectivity index (χ3v) is 4.22. The van der Waals surface area contributed by atoms with Gasteiger partial charge in [0.05, 0.1) is 14.2 Å². The van der Waals surface area contributed by atoms with E-state index in [0.29, 0.717) is 0 Å². The van der Waals surface area contributed by atoms with Crippen molar-refractivity contribution in [3.05, 3.63) is 22.2 Å². The maximum Gasteiger partial charge on any atom is 0.161 e. The van der Waals surface area contributed by atoms with Crippen molar-refractivity contribution in [2.24, 2.45) is 5.41 Å². The van der Waals surface area contributed by atoms with Gasteiger partial charge in [0.25, 0.3) is 0 Å². The SMILES string of the molecule is COc1cc(Br)c(CNCC(C)(C)CCCO)cc1OC. The molecular formula is C16H26BrNO3. The number of hydrogen-bond acceptors (Lipinski definition) is 4. The van der Waals surface area contributed by atoms with Gasteiger partial charge < -0.3 is 19.9 Å². The molecule has 0 atom stereocenters. The molecule has 0 radical (unpaired) electrons. The second-order valence-electron chi connectivity index (χ2n) is 5.89. The summed E-state index contributed by atoms with van der Waals surface area (Å²) in [6, 6.07) is 3.91. The molecule has 0 aliphatic heterocycles. The highest BCUT2D eigenvalue weighted by Crippen LogP contribution is 2.33. The van der Waals surface area contributed by atoms with Crippen LogP contribution >= 0.6 is 15.9 Å². The van der Waals surface area contributed by atoms with Crippen LogP contribution in [0.3, 0.4) is 0 Å². The summed E-state index contributed by atoms with van der Waals surface area (Å²) in [5, 5.41) is 12.4. The van der Waals surface area contributed by atoms with Crippen LogP contribution in [0.25, 0.3) is 0 Å². The second kappa shape index (κ2) is 8.61. The van der Waals surface area contributed by atoms with Gasteiger partial charge in [-0.05, 0) is 36.0 Å². The number of rotatable bonds is 9. The van der Waals surface area contributed by atoms with Crippen molar-refractivity contribution < 1.29 is 14.6 Å². The van der Waals surface area contributed by atoms with Crippen molar-refractivity contribution in [1.82, 2.24) is 5.32 Å². The molecule has 0 spiro atoms. The van der Waals surface area contributed by atoms with E-state index in [-0.39, 0.29) is 12.0 Å². The van der Waals surface area contributed by atoms with E-state index in [0.717, 1.165) is 47.5 Å². The second-order valence-corrected chi connectivity index (χ2v) is 6.75. The highest BCUT2D eigenvalue weighted by molar-refractivity contribution is 9.10. The average Bonchev–Trinajstić information content (AvgIpc) is 2.46. The number of hydrogen-bond donors (Lipinski definition) is 2. The number of methoxy groups -OCH3 is 2. The lowest BCUT2D eigenvalue weighted by molar-refractivity contribution is 0.236. The Bertz CT molecular complexity index is 449. The van der Waals surface area contributed by atoms with E-state index < -0.39 is 0 Å². The largest absolute Gasteiger partial charge is 0.493 e. The zero-order valence-electron chi connectivity index (χ0n) is 13.3. The molecule has 0 saturated heterocycles. The molecule has 0 aliphatic rings. The van der Waals surface area contributed by atoms with E-state index in [9.17, 15) is 0 Å². The number of aliphatic hydroxyl groups excluding tert-OH is 1. The van der Waals surface area contributed by atoms with Crippen LogP contribution in [0.2, 0.25) is 0 Å². The molecular weight excluding hydrogens is 334 g/mol. The van der Waals surface area contributed by atoms with Gasteiger partial charge in [0.15, 0.2) is 11.5 Å². The predicted molar refractivity (Wildman–Crippen MR) is 89.1 cm³/mol. The Balaban J connectivity index is 2.63. The molecule has 1 rings (SSSR count). The fraction of sp³-hybridized carbons (Fsp3) is 0.625. The van der Waals surface area contributed by atoms with Gasteiger partial charge in [0.2, 0.25) is 0 Å². The molecule has 5 heteroatoms. The van der Waals surface area contributed by atoms with Crippen LogP contribution in [-0.4, -0.2) is 32.5 Å². The molecule has 0 saturated carbocycles. The summed E-state index contributed by atoms with van der Waals surface area (Å²) in [6.07, 6.45) is 1.85. The first-order valence-corrected chi connectivity index (χ1v) is 7.95. The van der Waals surface area contributed by atoms with Gasteiger partial charge in [-0.2, -0.15) is 0 Å². The van der Waals surface area contributed by atoms with Gasteiger partial charge in [-0.15, -0.1) is 0 Å². The van der Waals surface area contributed by atoms with E-state index in [1.807, 2.05) is 12.1 Å². The van der Waals surface area contributed by atoms with Gasteiger partial charge >= 0.3 is 0 Å². The van der Waals surface area contributed by atoms with Crippen LogP contribution in [0.15, 0.2) is 16.6 Å². The lowest BCUT2D eigenvalue weighted by atomic mass is 9.88. The fourth-order valence-corrected chi connectivity index (χ4v) is 2.68. The van der Waals surface area contributed by atoms with E-state index in [1.54, 1.807) is 14.2 Å². The molecule has 0 aromatic heterocycles. The van der Waals surface area contributed by atoms with Gasteiger partial charge in [-0.1, -0.05) is 29.8 Å². The monoisotopic (exact) mass is 359 g/mol. The van der Waals surface area contributed by atoms with Crippen LogP contribution < -0.4 is 14.8 Å². The number of nitrogens with one attached hydrogen (secondary N) is 1. The first-order chi connectivity index (χ1) is 9.93. The van der Waals surface area contributed by atoms with E-state index >= 15 is 0 Å². The summed E-state index contributed by atoms with van der Waals surface area (Å²) in [7, 11) is 3.27. The minimum Gasteiger partial charge on any atom is -0.493 e. The molecule has 120 valence electrons. The third kappa shape index (κ3) is 5.85. The van der Waals surface area contributed by atoms with Crippen LogP contribution in [0, 0.1) is 5.41 Å². The summed E-state index contributed by atoms with van der Waals surface area (Å²) in [4.78, 5) is 0. The molecule has 0 heterocycles. The number of ether oxygens (including phenoxy) is 2. The summed E-state index contributed by atoms with van der Waals surface area (Å²) in [5.41, 5.74) is 1.30. The maximum atomic E-state index is 8.92. The van der Waals surface area contributed by atoms with Gasteiger partial charge in [0.1, 0.15) is 0 Å². The molecule has 1 aromatic rings. The maximum absolute atomic E-state index is 8.92. The van der Waals surface area contributed by atoms with E-state index in [1.165, 1.54) is 0 Å². The van der Waals surface area contributed by atoms with Crippen LogP contribution in [0.1, 0.15) is 32.3 Å². The van der Waals surface area contributed by atoms with Gasteiger partial charge in [-0.3, -0.25) is 0 Å². The van der Waals surface area contributed by atoms with Gasteiger partial charge in [-0.25, -0.2) is 0 Å². The van der Waals surface area contributed by atoms with Crippen LogP contribution in [0.5, 0.6) is 11.5 Å². The standard InChI is InChI=1S/C16H26BrNO3/c1-16(2,6-5-7-19)11-18-10-12-8-14(20-3)15(21-4)9-13(12)17/h8-9,18-19H,5-7,10-11H2,1-4H3. The first kappa shape index (κ1) is 18.3.